The largest absolute Gasteiger partial charge is 0.508 e. The maximum atomic E-state index is 14.1. The fourth-order valence-corrected chi connectivity index (χ4v) is 8.30. The van der Waals surface area contributed by atoms with Crippen LogP contribution < -0.4 is 10.1 Å². The molecule has 2 fully saturated rings. The van der Waals surface area contributed by atoms with E-state index in [2.05, 4.69) is 17.2 Å². The number of rotatable bonds is 8. The lowest BCUT2D eigenvalue weighted by Gasteiger charge is -2.40. The first kappa shape index (κ1) is 37.6. The van der Waals surface area contributed by atoms with Crippen molar-refractivity contribution in [2.45, 2.75) is 127 Å². The van der Waals surface area contributed by atoms with Gasteiger partial charge >= 0.3 is 11.9 Å². The van der Waals surface area contributed by atoms with Gasteiger partial charge in [0.25, 0.3) is 0 Å². The first-order chi connectivity index (χ1) is 24.9. The summed E-state index contributed by atoms with van der Waals surface area (Å²) < 4.78 is 11.7. The summed E-state index contributed by atoms with van der Waals surface area (Å²) in [6.45, 7) is 3.49. The smallest absolute Gasteiger partial charge is 0.334 e. The first-order valence-electron chi connectivity index (χ1n) is 18.8. The molecule has 52 heavy (non-hydrogen) atoms. The van der Waals surface area contributed by atoms with Crippen LogP contribution in [-0.2, 0) is 32.1 Å². The number of hydrogen-bond acceptors (Lipinski definition) is 10. The molecule has 2 aromatic rings. The molecule has 2 heterocycles. The number of ketones is 1. The van der Waals surface area contributed by atoms with Gasteiger partial charge in [-0.1, -0.05) is 43.2 Å². The zero-order valence-corrected chi connectivity index (χ0v) is 30.2. The topological polar surface area (TPSA) is 163 Å². The highest BCUT2D eigenvalue weighted by atomic mass is 16.6. The number of phenolic OH excluding ortho intramolecular Hbond substituents is 1. The van der Waals surface area contributed by atoms with Crippen molar-refractivity contribution < 1.29 is 44.3 Å². The molecule has 0 aromatic heterocycles. The lowest BCUT2D eigenvalue weighted by molar-refractivity contribution is -0.169. The molecule has 278 valence electrons. The number of ether oxygens (including phenoxy) is 2. The number of aliphatic hydroxyl groups excluding tert-OH is 2. The van der Waals surface area contributed by atoms with Crippen LogP contribution in [0.15, 0.2) is 42.0 Å². The Labute approximate surface area is 305 Å². The molecule has 2 aromatic carbocycles. The van der Waals surface area contributed by atoms with Gasteiger partial charge in [0.2, 0.25) is 0 Å². The first-order valence-corrected chi connectivity index (χ1v) is 18.8. The van der Waals surface area contributed by atoms with Crippen LogP contribution in [0, 0.1) is 23.7 Å². The van der Waals surface area contributed by atoms with E-state index in [1.165, 1.54) is 12.5 Å². The van der Waals surface area contributed by atoms with Gasteiger partial charge in [-0.3, -0.25) is 9.59 Å². The molecular weight excluding hydrogens is 662 g/mol. The minimum absolute atomic E-state index is 0.0113. The Balaban J connectivity index is 1.38. The van der Waals surface area contributed by atoms with E-state index < -0.39 is 41.6 Å². The van der Waals surface area contributed by atoms with Crippen LogP contribution >= 0.6 is 0 Å². The average molecular weight is 714 g/mol. The van der Waals surface area contributed by atoms with E-state index in [9.17, 15) is 34.8 Å². The van der Waals surface area contributed by atoms with E-state index >= 15 is 0 Å². The molecule has 0 radical (unpaired) electrons. The number of benzene rings is 2. The van der Waals surface area contributed by atoms with Crippen LogP contribution in [0.5, 0.6) is 11.5 Å². The van der Waals surface area contributed by atoms with E-state index in [-0.39, 0.29) is 55.0 Å². The quantitative estimate of drug-likeness (QED) is 0.0989. The molecule has 10 heteroatoms. The van der Waals surface area contributed by atoms with Gasteiger partial charge in [0.05, 0.1) is 25.0 Å². The maximum Gasteiger partial charge on any atom is 0.334 e. The molecule has 2 saturated carbocycles. The number of phenols is 1. The summed E-state index contributed by atoms with van der Waals surface area (Å²) in [7, 11) is 0. The lowest BCUT2D eigenvalue weighted by Crippen LogP contribution is -2.50. The summed E-state index contributed by atoms with van der Waals surface area (Å²) in [5, 5.41) is 47.7. The molecule has 10 nitrogen and oxygen atoms in total. The number of allylic oxidation sites excluding steroid dienone is 1. The fraction of sp³-hybridized carbons (Fsp3) is 0.548. The molecule has 4 aliphatic rings. The Morgan fingerprint density at radius 1 is 0.962 bits per heavy atom. The molecular formula is C42H51NO9. The van der Waals surface area contributed by atoms with Crippen molar-refractivity contribution in [1.29, 1.82) is 0 Å². The third-order valence-electron chi connectivity index (χ3n) is 11.6. The van der Waals surface area contributed by atoms with Gasteiger partial charge in [0, 0.05) is 54.6 Å². The number of anilines is 1. The van der Waals surface area contributed by atoms with Crippen LogP contribution in [0.3, 0.4) is 0 Å². The Morgan fingerprint density at radius 2 is 1.69 bits per heavy atom. The molecule has 2 aliphatic carbocycles. The molecule has 6 rings (SSSR count). The number of nitrogens with one attached hydrogen (secondary N) is 1. The summed E-state index contributed by atoms with van der Waals surface area (Å²) in [5.41, 5.74) is 1.89. The standard InChI is InChI=1S/C42H51NO9/c1-3-26-17-28(30-15-25(24-44)16-33(18-30)43-23-37(47)27-7-5-4-6-8-27)9-10-29-21-40(48)51-38-22-36(46)31(19-35(29)38)20-39(52-41(26)49)42(2,50)32-11-13-34(45)14-12-32/h3,15-16,18-19,22,27-29,32,37,39,43-44,46-47,50H,4-8,11-14,17,20-21,23-24H2,1-2H3/t28-,29+,37-,39+,42-/m0/s1. The number of carbonyl (C=O) groups excluding carboxylic acids is 3. The number of cyclic esters (lactones) is 1. The van der Waals surface area contributed by atoms with Gasteiger partial charge in [0.15, 0.2) is 0 Å². The van der Waals surface area contributed by atoms with E-state index in [1.54, 1.807) is 26.0 Å². The number of carbonyl (C=O) groups is 3. The second-order valence-electron chi connectivity index (χ2n) is 15.2. The summed E-state index contributed by atoms with van der Waals surface area (Å²) in [4.78, 5) is 38.9. The molecule has 0 saturated heterocycles. The second kappa shape index (κ2) is 16.2. The maximum absolute atomic E-state index is 14.1. The highest BCUT2D eigenvalue weighted by molar-refractivity contribution is 5.89. The third-order valence-corrected chi connectivity index (χ3v) is 11.6. The van der Waals surface area contributed by atoms with Crippen molar-refractivity contribution in [3.05, 3.63) is 64.2 Å². The summed E-state index contributed by atoms with van der Waals surface area (Å²) in [5.74, 6) is 4.49. The molecule has 2 bridgehead atoms. The lowest BCUT2D eigenvalue weighted by atomic mass is 9.73. The Hall–Kier alpha value is -4.17. The normalized spacial score (nSPS) is 25.7. The molecule has 0 amide bonds. The number of fused-ring (bicyclic) bond motifs is 1. The summed E-state index contributed by atoms with van der Waals surface area (Å²) in [6.07, 6.45) is 7.21. The number of aromatic hydroxyl groups is 1. The Kier molecular flexibility index (Phi) is 11.7. The molecule has 5 N–H and O–H groups in total. The minimum Gasteiger partial charge on any atom is -0.508 e. The molecule has 0 unspecified atom stereocenters. The van der Waals surface area contributed by atoms with Crippen LogP contribution in [0.1, 0.15) is 119 Å². The molecule has 5 atom stereocenters. The van der Waals surface area contributed by atoms with Crippen LogP contribution in [0.25, 0.3) is 0 Å². The van der Waals surface area contributed by atoms with Gasteiger partial charge in [0.1, 0.15) is 29.0 Å². The number of hydrogen-bond donors (Lipinski definition) is 5. The van der Waals surface area contributed by atoms with Crippen LogP contribution in [0.2, 0.25) is 0 Å². The van der Waals surface area contributed by atoms with Gasteiger partial charge in [-0.2, -0.15) is 0 Å². The van der Waals surface area contributed by atoms with E-state index in [0.29, 0.717) is 60.2 Å². The highest BCUT2D eigenvalue weighted by Gasteiger charge is 2.44. The van der Waals surface area contributed by atoms with E-state index in [4.69, 9.17) is 9.47 Å². The number of esters is 2. The fourth-order valence-electron chi connectivity index (χ4n) is 8.30. The summed E-state index contributed by atoms with van der Waals surface area (Å²) >= 11 is 0. The van der Waals surface area contributed by atoms with Crippen molar-refractivity contribution in [3.8, 4) is 23.3 Å². The van der Waals surface area contributed by atoms with Crippen molar-refractivity contribution in [2.75, 3.05) is 11.9 Å². The van der Waals surface area contributed by atoms with Crippen LogP contribution in [-0.4, -0.2) is 62.5 Å². The van der Waals surface area contributed by atoms with Gasteiger partial charge in [-0.05, 0) is 92.7 Å². The Bertz CT molecular complexity index is 1750. The number of aliphatic hydroxyl groups is 3. The van der Waals surface area contributed by atoms with Gasteiger partial charge in [-0.25, -0.2) is 4.79 Å². The predicted molar refractivity (Wildman–Crippen MR) is 195 cm³/mol. The number of Topliss-reactive ketones (excluding diaryl/α,β-unsaturated/α-hetero) is 1. The molecule has 2 aliphatic heterocycles. The van der Waals surface area contributed by atoms with Crippen molar-refractivity contribution in [3.63, 3.8) is 0 Å². The average Bonchev–Trinajstić information content (AvgIpc) is 3.14. The molecule has 0 spiro atoms. The minimum atomic E-state index is -1.53. The SMILES string of the molecule is CC=C1C[C@@H](c2cc(CO)cc(NC[C@H](O)C3CCCCC3)c2)C#C[C@@H]2CC(=O)Oc3cc(O)c(cc32)C[C@H]([C@@](C)(O)C2CCC(=O)CC2)OC1=O. The zero-order valence-electron chi connectivity index (χ0n) is 30.2. The highest BCUT2D eigenvalue weighted by Crippen LogP contribution is 2.42. The predicted octanol–water partition coefficient (Wildman–Crippen LogP) is 5.73. The van der Waals surface area contributed by atoms with Crippen molar-refractivity contribution in [2.24, 2.45) is 11.8 Å². The van der Waals surface area contributed by atoms with Crippen molar-refractivity contribution >= 4 is 23.4 Å². The monoisotopic (exact) mass is 713 g/mol. The summed E-state index contributed by atoms with van der Waals surface area (Å²) in [6, 6.07) is 8.69. The van der Waals surface area contributed by atoms with E-state index in [0.717, 1.165) is 31.2 Å². The van der Waals surface area contributed by atoms with Crippen molar-refractivity contribution in [1.82, 2.24) is 0 Å². The second-order valence-corrected chi connectivity index (χ2v) is 15.2. The van der Waals surface area contributed by atoms with E-state index in [1.807, 2.05) is 18.2 Å². The van der Waals surface area contributed by atoms with Gasteiger partial charge in [-0.15, -0.1) is 0 Å². The van der Waals surface area contributed by atoms with Gasteiger partial charge < -0.3 is 35.2 Å². The van der Waals surface area contributed by atoms with Crippen LogP contribution in [0.4, 0.5) is 5.69 Å². The zero-order chi connectivity index (χ0) is 37.0. The third kappa shape index (κ3) is 8.54. The Morgan fingerprint density at radius 3 is 2.40 bits per heavy atom.